The standard InChI is InChI=1S/C21H27N3O3/c1-14(2)23-21(26)16-7-5-9-18(11-16)24-20(25)13-22-17-8-6-10-19(12-17)27-15(3)4/h5-12,14-15,22H,13H2,1-4H3,(H,23,26)(H,24,25). The van der Waals surface area contributed by atoms with E-state index >= 15 is 0 Å². The Morgan fingerprint density at radius 2 is 1.67 bits per heavy atom. The van der Waals surface area contributed by atoms with Crippen LogP contribution in [0.15, 0.2) is 48.5 Å². The molecule has 144 valence electrons. The molecule has 0 spiro atoms. The van der Waals surface area contributed by atoms with Crippen molar-refractivity contribution in [3.63, 3.8) is 0 Å². The highest BCUT2D eigenvalue weighted by Gasteiger charge is 2.09. The van der Waals surface area contributed by atoms with Crippen molar-refractivity contribution in [1.29, 1.82) is 0 Å². The lowest BCUT2D eigenvalue weighted by Gasteiger charge is -2.12. The summed E-state index contributed by atoms with van der Waals surface area (Å²) in [5.74, 6) is 0.382. The zero-order chi connectivity index (χ0) is 19.8. The summed E-state index contributed by atoms with van der Waals surface area (Å²) in [5.41, 5.74) is 1.89. The van der Waals surface area contributed by atoms with Gasteiger partial charge in [0.2, 0.25) is 5.91 Å². The molecule has 27 heavy (non-hydrogen) atoms. The summed E-state index contributed by atoms with van der Waals surface area (Å²) in [6.45, 7) is 7.83. The van der Waals surface area contributed by atoms with Crippen molar-refractivity contribution < 1.29 is 14.3 Å². The Morgan fingerprint density at radius 3 is 2.37 bits per heavy atom. The summed E-state index contributed by atoms with van der Waals surface area (Å²) in [5, 5.41) is 8.69. The Balaban J connectivity index is 1.91. The highest BCUT2D eigenvalue weighted by atomic mass is 16.5. The first-order chi connectivity index (χ1) is 12.8. The van der Waals surface area contributed by atoms with Gasteiger partial charge >= 0.3 is 0 Å². The smallest absolute Gasteiger partial charge is 0.251 e. The predicted molar refractivity (Wildman–Crippen MR) is 108 cm³/mol. The topological polar surface area (TPSA) is 79.5 Å². The van der Waals surface area contributed by atoms with Crippen LogP contribution < -0.4 is 20.7 Å². The van der Waals surface area contributed by atoms with Gasteiger partial charge in [0.15, 0.2) is 0 Å². The third-order valence-corrected chi connectivity index (χ3v) is 3.49. The van der Waals surface area contributed by atoms with Crippen LogP contribution in [-0.4, -0.2) is 30.5 Å². The van der Waals surface area contributed by atoms with Crippen molar-refractivity contribution >= 4 is 23.2 Å². The van der Waals surface area contributed by atoms with Crippen molar-refractivity contribution in [2.45, 2.75) is 39.8 Å². The summed E-state index contributed by atoms with van der Waals surface area (Å²) in [7, 11) is 0. The van der Waals surface area contributed by atoms with E-state index in [9.17, 15) is 9.59 Å². The predicted octanol–water partition coefficient (Wildman–Crippen LogP) is 3.66. The van der Waals surface area contributed by atoms with Crippen LogP contribution in [0.3, 0.4) is 0 Å². The molecule has 0 saturated carbocycles. The maximum absolute atomic E-state index is 12.2. The third-order valence-electron chi connectivity index (χ3n) is 3.49. The Morgan fingerprint density at radius 1 is 0.963 bits per heavy atom. The van der Waals surface area contributed by atoms with E-state index in [-0.39, 0.29) is 30.5 Å². The normalized spacial score (nSPS) is 10.6. The minimum atomic E-state index is -0.202. The SMILES string of the molecule is CC(C)NC(=O)c1cccc(NC(=O)CNc2cccc(OC(C)C)c2)c1. The van der Waals surface area contributed by atoms with Crippen molar-refractivity contribution in [2.24, 2.45) is 0 Å². The molecule has 0 unspecified atom stereocenters. The average Bonchev–Trinajstić information content (AvgIpc) is 2.59. The van der Waals surface area contributed by atoms with Crippen LogP contribution >= 0.6 is 0 Å². The van der Waals surface area contributed by atoms with Crippen LogP contribution in [0.25, 0.3) is 0 Å². The number of carbonyl (C=O) groups excluding carboxylic acids is 2. The van der Waals surface area contributed by atoms with Gasteiger partial charge in [-0.3, -0.25) is 9.59 Å². The Bertz CT molecular complexity index is 788. The summed E-state index contributed by atoms with van der Waals surface area (Å²) >= 11 is 0. The third kappa shape index (κ3) is 7.01. The zero-order valence-electron chi connectivity index (χ0n) is 16.2. The lowest BCUT2D eigenvalue weighted by atomic mass is 10.1. The molecule has 0 atom stereocenters. The van der Waals surface area contributed by atoms with Crippen molar-refractivity contribution in [1.82, 2.24) is 5.32 Å². The van der Waals surface area contributed by atoms with E-state index in [1.54, 1.807) is 24.3 Å². The van der Waals surface area contributed by atoms with Crippen molar-refractivity contribution in [2.75, 3.05) is 17.2 Å². The molecule has 0 bridgehead atoms. The molecule has 0 aliphatic heterocycles. The van der Waals surface area contributed by atoms with E-state index in [0.717, 1.165) is 11.4 Å². The van der Waals surface area contributed by atoms with Gasteiger partial charge in [-0.25, -0.2) is 0 Å². The number of benzene rings is 2. The average molecular weight is 369 g/mol. The van der Waals surface area contributed by atoms with E-state index < -0.39 is 0 Å². The van der Waals surface area contributed by atoms with E-state index in [1.165, 1.54) is 0 Å². The molecule has 6 heteroatoms. The number of rotatable bonds is 8. The van der Waals surface area contributed by atoms with Gasteiger partial charge in [-0.1, -0.05) is 12.1 Å². The van der Waals surface area contributed by atoms with Crippen molar-refractivity contribution in [3.05, 3.63) is 54.1 Å². The molecule has 0 aromatic heterocycles. The largest absolute Gasteiger partial charge is 0.491 e. The Labute approximate surface area is 160 Å². The van der Waals surface area contributed by atoms with E-state index in [4.69, 9.17) is 4.74 Å². The fourth-order valence-corrected chi connectivity index (χ4v) is 2.42. The summed E-state index contributed by atoms with van der Waals surface area (Å²) in [6.07, 6.45) is 0.0868. The summed E-state index contributed by atoms with van der Waals surface area (Å²) < 4.78 is 5.64. The second kappa shape index (κ2) is 9.62. The molecule has 0 fully saturated rings. The van der Waals surface area contributed by atoms with Gasteiger partial charge in [0.05, 0.1) is 12.6 Å². The first kappa shape index (κ1) is 20.3. The zero-order valence-corrected chi connectivity index (χ0v) is 16.2. The summed E-state index contributed by atoms with van der Waals surface area (Å²) in [4.78, 5) is 24.3. The molecule has 2 rings (SSSR count). The van der Waals surface area contributed by atoms with Gasteiger partial charge in [-0.2, -0.15) is 0 Å². The van der Waals surface area contributed by atoms with Gasteiger partial charge in [-0.05, 0) is 58.0 Å². The van der Waals surface area contributed by atoms with Gasteiger partial charge in [0.1, 0.15) is 5.75 Å². The van der Waals surface area contributed by atoms with Crippen LogP contribution in [0, 0.1) is 0 Å². The molecular formula is C21H27N3O3. The van der Waals surface area contributed by atoms with Gasteiger partial charge in [0, 0.05) is 29.0 Å². The van der Waals surface area contributed by atoms with E-state index in [0.29, 0.717) is 11.3 Å². The van der Waals surface area contributed by atoms with Crippen LogP contribution in [0.2, 0.25) is 0 Å². The number of ether oxygens (including phenoxy) is 1. The maximum Gasteiger partial charge on any atom is 0.251 e. The number of hydrogen-bond donors (Lipinski definition) is 3. The molecular weight excluding hydrogens is 342 g/mol. The molecule has 0 radical (unpaired) electrons. The van der Waals surface area contributed by atoms with Gasteiger partial charge in [0.25, 0.3) is 5.91 Å². The van der Waals surface area contributed by atoms with Crippen LogP contribution in [-0.2, 0) is 4.79 Å². The van der Waals surface area contributed by atoms with Crippen LogP contribution in [0.1, 0.15) is 38.1 Å². The molecule has 3 N–H and O–H groups in total. The first-order valence-electron chi connectivity index (χ1n) is 9.05. The number of anilines is 2. The van der Waals surface area contributed by atoms with Crippen molar-refractivity contribution in [3.8, 4) is 5.75 Å². The molecule has 2 aromatic rings. The second-order valence-electron chi connectivity index (χ2n) is 6.81. The monoisotopic (exact) mass is 369 g/mol. The molecule has 0 heterocycles. The molecule has 6 nitrogen and oxygen atoms in total. The van der Waals surface area contributed by atoms with Gasteiger partial charge in [-0.15, -0.1) is 0 Å². The summed E-state index contributed by atoms with van der Waals surface area (Å²) in [6, 6.07) is 14.4. The maximum atomic E-state index is 12.2. The molecule has 2 aromatic carbocycles. The minimum absolute atomic E-state index is 0.0513. The molecule has 0 aliphatic rings. The van der Waals surface area contributed by atoms with Crippen LogP contribution in [0.5, 0.6) is 5.75 Å². The van der Waals surface area contributed by atoms with E-state index in [2.05, 4.69) is 16.0 Å². The fourth-order valence-electron chi connectivity index (χ4n) is 2.42. The lowest BCUT2D eigenvalue weighted by molar-refractivity contribution is -0.114. The van der Waals surface area contributed by atoms with Gasteiger partial charge < -0.3 is 20.7 Å². The lowest BCUT2D eigenvalue weighted by Crippen LogP contribution is -2.30. The molecule has 0 saturated heterocycles. The second-order valence-corrected chi connectivity index (χ2v) is 6.81. The number of hydrogen-bond acceptors (Lipinski definition) is 4. The number of amides is 2. The van der Waals surface area contributed by atoms with E-state index in [1.807, 2.05) is 52.0 Å². The minimum Gasteiger partial charge on any atom is -0.491 e. The highest BCUT2D eigenvalue weighted by molar-refractivity contribution is 5.98. The Hall–Kier alpha value is -3.02. The fraction of sp³-hybridized carbons (Fsp3) is 0.333. The first-order valence-corrected chi connectivity index (χ1v) is 9.05. The number of carbonyl (C=O) groups is 2. The quantitative estimate of drug-likeness (QED) is 0.663. The number of nitrogens with one attached hydrogen (secondary N) is 3. The molecule has 0 aliphatic carbocycles. The van der Waals surface area contributed by atoms with Crippen LogP contribution in [0.4, 0.5) is 11.4 Å². The molecule has 2 amide bonds. The highest BCUT2D eigenvalue weighted by Crippen LogP contribution is 2.18. The Kier molecular flexibility index (Phi) is 7.23.